The number of furan rings is 4. The third-order valence-corrected chi connectivity index (χ3v) is 15.3. The van der Waals surface area contributed by atoms with Crippen molar-refractivity contribution in [3.05, 3.63) is 217 Å². The molecule has 4 aromatic heterocycles. The SMILES string of the molecule is CC(C)c1cccc2c1oc1c(N(c3ccccc3)c3ccc4cc5c(cc4c3)oc3ccc4oc6cc7cc(N(c8ccccc8)c8cccc9c8oc8c(C(C)C)cccc89)ccc7cc6c4c35)cccc12. The van der Waals surface area contributed by atoms with Crippen LogP contribution < -0.4 is 9.80 Å². The molecule has 0 spiro atoms. The first kappa shape index (κ1) is 42.4. The van der Waals surface area contributed by atoms with Crippen molar-refractivity contribution < 1.29 is 17.7 Å². The second-order valence-corrected chi connectivity index (χ2v) is 20.4. The number of fused-ring (bicyclic) bond motifs is 15. The Morgan fingerprint density at radius 1 is 0.284 bits per heavy atom. The van der Waals surface area contributed by atoms with Crippen molar-refractivity contribution in [1.82, 2.24) is 0 Å². The maximum Gasteiger partial charge on any atom is 0.159 e. The first-order valence-electron chi connectivity index (χ1n) is 25.6. The Labute approximate surface area is 425 Å². The molecular formula is C68H48N2O4. The highest BCUT2D eigenvalue weighted by atomic mass is 16.3. The molecule has 0 atom stereocenters. The van der Waals surface area contributed by atoms with Gasteiger partial charge in [0.05, 0.1) is 11.4 Å². The largest absolute Gasteiger partial charge is 0.456 e. The highest BCUT2D eigenvalue weighted by Crippen LogP contribution is 2.48. The quantitative estimate of drug-likeness (QED) is 0.151. The van der Waals surface area contributed by atoms with Crippen molar-refractivity contribution >= 4 is 143 Å². The van der Waals surface area contributed by atoms with E-state index in [0.717, 1.165) is 143 Å². The molecule has 0 saturated heterocycles. The fourth-order valence-corrected chi connectivity index (χ4v) is 11.8. The summed E-state index contributed by atoms with van der Waals surface area (Å²) in [5.74, 6) is 0.656. The predicted octanol–water partition coefficient (Wildman–Crippen LogP) is 20.8. The Bertz CT molecular complexity index is 4440. The van der Waals surface area contributed by atoms with Gasteiger partial charge in [-0.1, -0.05) is 137 Å². The first-order valence-corrected chi connectivity index (χ1v) is 25.6. The minimum Gasteiger partial charge on any atom is -0.456 e. The van der Waals surface area contributed by atoms with E-state index in [0.29, 0.717) is 11.8 Å². The molecule has 6 nitrogen and oxygen atoms in total. The van der Waals surface area contributed by atoms with E-state index in [1.54, 1.807) is 0 Å². The van der Waals surface area contributed by atoms with Crippen LogP contribution in [0.1, 0.15) is 50.7 Å². The molecule has 0 amide bonds. The summed E-state index contributed by atoms with van der Waals surface area (Å²) in [6, 6.07) is 73.4. The van der Waals surface area contributed by atoms with E-state index in [1.807, 2.05) is 12.1 Å². The molecule has 0 fully saturated rings. The summed E-state index contributed by atoms with van der Waals surface area (Å²) in [5.41, 5.74) is 15.4. The van der Waals surface area contributed by atoms with Crippen LogP contribution in [0.3, 0.4) is 0 Å². The zero-order valence-electron chi connectivity index (χ0n) is 41.3. The van der Waals surface area contributed by atoms with Crippen LogP contribution in [0.15, 0.2) is 224 Å². The van der Waals surface area contributed by atoms with E-state index < -0.39 is 0 Å². The second kappa shape index (κ2) is 16.1. The topological polar surface area (TPSA) is 59.0 Å². The van der Waals surface area contributed by atoms with Gasteiger partial charge in [0.25, 0.3) is 0 Å². The third-order valence-electron chi connectivity index (χ3n) is 15.3. The van der Waals surface area contributed by atoms with Crippen LogP contribution in [-0.4, -0.2) is 0 Å². The van der Waals surface area contributed by atoms with E-state index in [-0.39, 0.29) is 0 Å². The van der Waals surface area contributed by atoms with Crippen LogP contribution in [0, 0.1) is 0 Å². The van der Waals surface area contributed by atoms with Crippen molar-refractivity contribution in [2.75, 3.05) is 9.80 Å². The molecule has 0 aliphatic heterocycles. The molecule has 6 heteroatoms. The van der Waals surface area contributed by atoms with Gasteiger partial charge < -0.3 is 27.5 Å². The summed E-state index contributed by atoms with van der Waals surface area (Å²) in [4.78, 5) is 4.61. The van der Waals surface area contributed by atoms with Crippen molar-refractivity contribution in [3.63, 3.8) is 0 Å². The minimum atomic E-state index is 0.328. The fourth-order valence-electron chi connectivity index (χ4n) is 11.8. The predicted molar refractivity (Wildman–Crippen MR) is 308 cm³/mol. The summed E-state index contributed by atoms with van der Waals surface area (Å²) in [6.07, 6.45) is 0. The van der Waals surface area contributed by atoms with Gasteiger partial charge >= 0.3 is 0 Å². The Hall–Kier alpha value is -9.26. The average molecular weight is 957 g/mol. The molecule has 0 bridgehead atoms. The van der Waals surface area contributed by atoms with E-state index in [1.165, 1.54) is 11.1 Å². The molecule has 11 aromatic carbocycles. The molecule has 74 heavy (non-hydrogen) atoms. The van der Waals surface area contributed by atoms with Crippen molar-refractivity contribution in [2.45, 2.75) is 39.5 Å². The van der Waals surface area contributed by atoms with Gasteiger partial charge in [-0.3, -0.25) is 0 Å². The number of para-hydroxylation sites is 6. The fraction of sp³-hybridized carbons (Fsp3) is 0.0882. The molecule has 0 aliphatic carbocycles. The summed E-state index contributed by atoms with van der Waals surface area (Å²) < 4.78 is 27.3. The van der Waals surface area contributed by atoms with Gasteiger partial charge in [0.2, 0.25) is 0 Å². The monoisotopic (exact) mass is 956 g/mol. The van der Waals surface area contributed by atoms with Gasteiger partial charge in [0, 0.05) is 65.8 Å². The molecule has 354 valence electrons. The first-order chi connectivity index (χ1) is 36.3. The van der Waals surface area contributed by atoms with Gasteiger partial charge in [-0.15, -0.1) is 0 Å². The summed E-state index contributed by atoms with van der Waals surface area (Å²) in [5, 5.41) is 13.1. The number of hydrogen-bond donors (Lipinski definition) is 0. The van der Waals surface area contributed by atoms with Crippen LogP contribution in [-0.2, 0) is 0 Å². The molecule has 0 saturated carbocycles. The molecule has 4 heterocycles. The average Bonchev–Trinajstić information content (AvgIpc) is 4.25. The lowest BCUT2D eigenvalue weighted by Crippen LogP contribution is -2.10. The van der Waals surface area contributed by atoms with Crippen LogP contribution in [0.2, 0.25) is 0 Å². The van der Waals surface area contributed by atoms with Gasteiger partial charge in [0.1, 0.15) is 33.5 Å². The molecule has 15 rings (SSSR count). The maximum atomic E-state index is 6.87. The van der Waals surface area contributed by atoms with Gasteiger partial charge in [-0.05, 0) is 142 Å². The normalized spacial score (nSPS) is 12.3. The van der Waals surface area contributed by atoms with E-state index >= 15 is 0 Å². The van der Waals surface area contributed by atoms with Crippen molar-refractivity contribution in [3.8, 4) is 0 Å². The standard InChI is InChI=1S/C68H48N2O4/c1-39(2)49-19-11-21-51-53-23-13-25-57(67(53)73-65(49)51)69(45-15-7-5-8-16-45)47-29-27-41-35-55-61(37-43(41)33-47)71-59-31-32-60-64(63(55)59)56-36-42-28-30-48(34-44(42)38-62(56)72-60)70(46-17-9-6-10-18-46)58-26-14-24-54-52-22-12-20-50(40(3)4)66(52)74-68(54)58/h5-40H,1-4H3. The third kappa shape index (κ3) is 6.37. The smallest absolute Gasteiger partial charge is 0.159 e. The molecule has 15 aromatic rings. The highest BCUT2D eigenvalue weighted by Gasteiger charge is 2.25. The van der Waals surface area contributed by atoms with Crippen LogP contribution in [0.4, 0.5) is 34.1 Å². The number of anilines is 6. The summed E-state index contributed by atoms with van der Waals surface area (Å²) >= 11 is 0. The Balaban J connectivity index is 0.857. The number of nitrogens with zero attached hydrogens (tertiary/aromatic N) is 2. The Morgan fingerprint density at radius 3 is 1.11 bits per heavy atom. The maximum absolute atomic E-state index is 6.87. The van der Waals surface area contributed by atoms with E-state index in [9.17, 15) is 0 Å². The molecule has 0 radical (unpaired) electrons. The highest BCUT2D eigenvalue weighted by molar-refractivity contribution is 6.28. The van der Waals surface area contributed by atoms with Crippen LogP contribution in [0.5, 0.6) is 0 Å². The summed E-state index contributed by atoms with van der Waals surface area (Å²) in [7, 11) is 0. The number of rotatable bonds is 8. The van der Waals surface area contributed by atoms with E-state index in [2.05, 4.69) is 232 Å². The lowest BCUT2D eigenvalue weighted by Gasteiger charge is -2.25. The Kier molecular flexibility index (Phi) is 9.24. The number of hydrogen-bond acceptors (Lipinski definition) is 6. The zero-order valence-corrected chi connectivity index (χ0v) is 41.3. The van der Waals surface area contributed by atoms with E-state index in [4.69, 9.17) is 17.7 Å². The molecule has 0 unspecified atom stereocenters. The molecule has 0 N–H and O–H groups in total. The zero-order chi connectivity index (χ0) is 49.3. The Morgan fingerprint density at radius 2 is 0.689 bits per heavy atom. The van der Waals surface area contributed by atoms with Gasteiger partial charge in [-0.25, -0.2) is 0 Å². The van der Waals surface area contributed by atoms with Crippen LogP contribution in [0.25, 0.3) is 109 Å². The molecular weight excluding hydrogens is 909 g/mol. The van der Waals surface area contributed by atoms with Crippen molar-refractivity contribution in [2.24, 2.45) is 0 Å². The number of benzene rings is 11. The lowest BCUT2D eigenvalue weighted by atomic mass is 10.00. The molecule has 0 aliphatic rings. The summed E-state index contributed by atoms with van der Waals surface area (Å²) in [6.45, 7) is 8.88. The second-order valence-electron chi connectivity index (χ2n) is 20.4. The van der Waals surface area contributed by atoms with Crippen LogP contribution >= 0.6 is 0 Å². The lowest BCUT2D eigenvalue weighted by molar-refractivity contribution is 0.657. The van der Waals surface area contributed by atoms with Gasteiger partial charge in [-0.2, -0.15) is 0 Å². The minimum absolute atomic E-state index is 0.328. The van der Waals surface area contributed by atoms with Gasteiger partial charge in [0.15, 0.2) is 11.2 Å². The van der Waals surface area contributed by atoms with Crippen molar-refractivity contribution in [1.29, 1.82) is 0 Å².